The number of amides is 2. The van der Waals surface area contributed by atoms with Crippen LogP contribution < -0.4 is 15.4 Å². The average Bonchev–Trinajstić information content (AvgIpc) is 3.15. The summed E-state index contributed by atoms with van der Waals surface area (Å²) >= 11 is 0. The highest BCUT2D eigenvalue weighted by atomic mass is 16.5. The molecule has 0 fully saturated rings. The summed E-state index contributed by atoms with van der Waals surface area (Å²) in [6, 6.07) is 12.6. The third-order valence-electron chi connectivity index (χ3n) is 4.04. The minimum absolute atomic E-state index is 0.307. The summed E-state index contributed by atoms with van der Waals surface area (Å²) in [5.74, 6) is 1.13. The molecule has 0 bridgehead atoms. The normalized spacial score (nSPS) is 10.6. The maximum Gasteiger partial charge on any atom is 0.320 e. The number of aromatic nitrogens is 5. The molecular formula is C19H17N7O2. The summed E-state index contributed by atoms with van der Waals surface area (Å²) in [6.45, 7) is 0.307. The van der Waals surface area contributed by atoms with Crippen molar-refractivity contribution >= 4 is 23.0 Å². The highest BCUT2D eigenvalue weighted by Gasteiger charge is 2.13. The van der Waals surface area contributed by atoms with E-state index >= 15 is 0 Å². The average molecular weight is 375 g/mol. The van der Waals surface area contributed by atoms with Gasteiger partial charge < -0.3 is 10.1 Å². The van der Waals surface area contributed by atoms with Crippen LogP contribution in [-0.4, -0.2) is 38.3 Å². The van der Waals surface area contributed by atoms with Gasteiger partial charge in [0, 0.05) is 11.8 Å². The second kappa shape index (κ2) is 7.70. The van der Waals surface area contributed by atoms with E-state index in [1.807, 2.05) is 42.5 Å². The van der Waals surface area contributed by atoms with Crippen LogP contribution >= 0.6 is 0 Å². The van der Waals surface area contributed by atoms with Crippen molar-refractivity contribution in [2.45, 2.75) is 6.54 Å². The zero-order valence-electron chi connectivity index (χ0n) is 15.0. The Labute approximate surface area is 160 Å². The lowest BCUT2D eigenvalue weighted by Gasteiger charge is -2.06. The Kier molecular flexibility index (Phi) is 4.79. The van der Waals surface area contributed by atoms with Gasteiger partial charge >= 0.3 is 6.03 Å². The molecule has 9 nitrogen and oxygen atoms in total. The molecule has 140 valence electrons. The predicted molar refractivity (Wildman–Crippen MR) is 104 cm³/mol. The maximum atomic E-state index is 12.2. The van der Waals surface area contributed by atoms with Crippen LogP contribution in [0.4, 0.5) is 10.6 Å². The molecule has 0 radical (unpaired) electrons. The fourth-order valence-corrected chi connectivity index (χ4v) is 2.61. The summed E-state index contributed by atoms with van der Waals surface area (Å²) in [6.07, 6.45) is 3.31. The summed E-state index contributed by atoms with van der Waals surface area (Å²) in [7, 11) is 1.61. The van der Waals surface area contributed by atoms with Gasteiger partial charge in [-0.3, -0.25) is 15.4 Å². The zero-order chi connectivity index (χ0) is 19.3. The molecular weight excluding hydrogens is 358 g/mol. The number of hydrogen-bond acceptors (Lipinski definition) is 6. The fraction of sp³-hybridized carbons (Fsp3) is 0.105. The molecule has 1 aromatic carbocycles. The van der Waals surface area contributed by atoms with Gasteiger partial charge in [-0.2, -0.15) is 5.10 Å². The van der Waals surface area contributed by atoms with Crippen LogP contribution in [0.5, 0.6) is 5.75 Å². The number of methoxy groups -OCH3 is 1. The third kappa shape index (κ3) is 3.73. The number of pyridine rings is 1. The number of benzene rings is 1. The van der Waals surface area contributed by atoms with Crippen LogP contribution in [0.1, 0.15) is 5.69 Å². The third-order valence-corrected chi connectivity index (χ3v) is 4.04. The second-order valence-electron chi connectivity index (χ2n) is 5.88. The molecule has 0 aliphatic rings. The molecule has 0 atom stereocenters. The van der Waals surface area contributed by atoms with E-state index in [0.29, 0.717) is 29.2 Å². The summed E-state index contributed by atoms with van der Waals surface area (Å²) in [4.78, 5) is 25.2. The minimum atomic E-state index is -0.396. The van der Waals surface area contributed by atoms with Crippen molar-refractivity contribution in [3.63, 3.8) is 0 Å². The Balaban J connectivity index is 1.51. The molecule has 3 aromatic heterocycles. The Morgan fingerprint density at radius 1 is 1.14 bits per heavy atom. The highest BCUT2D eigenvalue weighted by Crippen LogP contribution is 2.24. The molecule has 28 heavy (non-hydrogen) atoms. The molecule has 0 aliphatic carbocycles. The SMILES string of the molecule is COc1ccc(-c2cnc3n[nH]c(NC(=O)NCc4ccccn4)c3n2)cc1. The first kappa shape index (κ1) is 17.4. The van der Waals surface area contributed by atoms with Crippen LogP contribution in [0.15, 0.2) is 54.9 Å². The Hall–Kier alpha value is -4.01. The largest absolute Gasteiger partial charge is 0.497 e. The van der Waals surface area contributed by atoms with E-state index in [9.17, 15) is 4.79 Å². The summed E-state index contributed by atoms with van der Waals surface area (Å²) in [5, 5.41) is 12.3. The molecule has 0 saturated carbocycles. The fourth-order valence-electron chi connectivity index (χ4n) is 2.61. The molecule has 4 aromatic rings. The Morgan fingerprint density at radius 2 is 2.00 bits per heavy atom. The number of hydrogen-bond donors (Lipinski definition) is 3. The topological polar surface area (TPSA) is 118 Å². The molecule has 0 spiro atoms. The zero-order valence-corrected chi connectivity index (χ0v) is 15.0. The lowest BCUT2D eigenvalue weighted by atomic mass is 10.1. The number of H-pyrrole nitrogens is 1. The number of ether oxygens (including phenoxy) is 1. The molecule has 3 N–H and O–H groups in total. The van der Waals surface area contributed by atoms with Gasteiger partial charge in [0.05, 0.1) is 31.2 Å². The number of carbonyl (C=O) groups is 1. The number of nitrogens with one attached hydrogen (secondary N) is 3. The number of rotatable bonds is 5. The number of urea groups is 1. The molecule has 0 aliphatic heterocycles. The molecule has 4 rings (SSSR count). The smallest absolute Gasteiger partial charge is 0.320 e. The van der Waals surface area contributed by atoms with E-state index in [4.69, 9.17) is 4.74 Å². The molecule has 9 heteroatoms. The van der Waals surface area contributed by atoms with Crippen LogP contribution in [0.2, 0.25) is 0 Å². The van der Waals surface area contributed by atoms with Gasteiger partial charge in [0.2, 0.25) is 5.65 Å². The first-order valence-corrected chi connectivity index (χ1v) is 8.53. The van der Waals surface area contributed by atoms with Crippen molar-refractivity contribution in [1.29, 1.82) is 0 Å². The predicted octanol–water partition coefficient (Wildman–Crippen LogP) is 2.75. The van der Waals surface area contributed by atoms with E-state index < -0.39 is 6.03 Å². The van der Waals surface area contributed by atoms with Gasteiger partial charge in [-0.25, -0.2) is 14.8 Å². The van der Waals surface area contributed by atoms with E-state index in [1.165, 1.54) is 0 Å². The maximum absolute atomic E-state index is 12.2. The molecule has 2 amide bonds. The first-order valence-electron chi connectivity index (χ1n) is 8.53. The van der Waals surface area contributed by atoms with Gasteiger partial charge in [-0.1, -0.05) is 6.07 Å². The summed E-state index contributed by atoms with van der Waals surface area (Å²) in [5.41, 5.74) is 3.18. The van der Waals surface area contributed by atoms with Crippen LogP contribution in [0, 0.1) is 0 Å². The van der Waals surface area contributed by atoms with E-state index in [0.717, 1.165) is 17.0 Å². The van der Waals surface area contributed by atoms with Crippen molar-refractivity contribution in [2.75, 3.05) is 12.4 Å². The monoisotopic (exact) mass is 375 g/mol. The van der Waals surface area contributed by atoms with Gasteiger partial charge in [-0.05, 0) is 36.4 Å². The minimum Gasteiger partial charge on any atom is -0.497 e. The number of carbonyl (C=O) groups excluding carboxylic acids is 1. The molecule has 0 saturated heterocycles. The lowest BCUT2D eigenvalue weighted by Crippen LogP contribution is -2.28. The molecule has 0 unspecified atom stereocenters. The van der Waals surface area contributed by atoms with Crippen molar-refractivity contribution in [3.8, 4) is 17.0 Å². The first-order chi connectivity index (χ1) is 13.7. The van der Waals surface area contributed by atoms with Gasteiger partial charge in [0.15, 0.2) is 11.3 Å². The number of nitrogens with zero attached hydrogens (tertiary/aromatic N) is 4. The van der Waals surface area contributed by atoms with Crippen molar-refractivity contribution in [1.82, 2.24) is 30.5 Å². The summed E-state index contributed by atoms with van der Waals surface area (Å²) < 4.78 is 5.17. The van der Waals surface area contributed by atoms with Gasteiger partial charge in [-0.15, -0.1) is 0 Å². The Morgan fingerprint density at radius 3 is 2.75 bits per heavy atom. The van der Waals surface area contributed by atoms with E-state index in [2.05, 4.69) is 35.8 Å². The van der Waals surface area contributed by atoms with Crippen molar-refractivity contribution in [3.05, 3.63) is 60.6 Å². The van der Waals surface area contributed by atoms with Gasteiger partial charge in [0.25, 0.3) is 0 Å². The lowest BCUT2D eigenvalue weighted by molar-refractivity contribution is 0.251. The number of anilines is 1. The van der Waals surface area contributed by atoms with Crippen molar-refractivity contribution < 1.29 is 9.53 Å². The Bertz CT molecular complexity index is 1090. The van der Waals surface area contributed by atoms with E-state index in [1.54, 1.807) is 19.5 Å². The van der Waals surface area contributed by atoms with Crippen LogP contribution in [-0.2, 0) is 6.54 Å². The van der Waals surface area contributed by atoms with Crippen LogP contribution in [0.3, 0.4) is 0 Å². The number of fused-ring (bicyclic) bond motifs is 1. The second-order valence-corrected chi connectivity index (χ2v) is 5.88. The van der Waals surface area contributed by atoms with Gasteiger partial charge in [0.1, 0.15) is 5.75 Å². The van der Waals surface area contributed by atoms with E-state index in [-0.39, 0.29) is 0 Å². The standard InChI is InChI=1S/C19H17N7O2/c1-28-14-7-5-12(6-8-14)15-11-21-17-16(23-15)18(26-25-17)24-19(27)22-10-13-4-2-3-9-20-13/h2-9,11H,10H2,1H3,(H3,21,22,24,25,26,27). The van der Waals surface area contributed by atoms with Crippen LogP contribution in [0.25, 0.3) is 22.4 Å². The highest BCUT2D eigenvalue weighted by molar-refractivity contribution is 5.96. The quantitative estimate of drug-likeness (QED) is 0.494. The number of aromatic amines is 1. The molecule has 3 heterocycles. The van der Waals surface area contributed by atoms with Crippen molar-refractivity contribution in [2.24, 2.45) is 0 Å².